The zero-order valence-electron chi connectivity index (χ0n) is 11.8. The molecule has 1 atom stereocenters. The molecule has 1 unspecified atom stereocenters. The summed E-state index contributed by atoms with van der Waals surface area (Å²) in [6.45, 7) is 2.21. The molecule has 1 heterocycles. The molecule has 2 nitrogen and oxygen atoms in total. The van der Waals surface area contributed by atoms with E-state index in [0.717, 1.165) is 12.3 Å². The molecule has 0 radical (unpaired) electrons. The lowest BCUT2D eigenvalue weighted by Crippen LogP contribution is -2.20. The fourth-order valence-corrected chi connectivity index (χ4v) is 3.18. The summed E-state index contributed by atoms with van der Waals surface area (Å²) in [5.41, 5.74) is 2.66. The van der Waals surface area contributed by atoms with Crippen LogP contribution in [0.3, 0.4) is 0 Å². The zero-order chi connectivity index (χ0) is 12.8. The second kappa shape index (κ2) is 6.89. The van der Waals surface area contributed by atoms with Crippen LogP contribution in [0.2, 0.25) is 0 Å². The van der Waals surface area contributed by atoms with Crippen LogP contribution in [0.4, 0.5) is 0 Å². The Balaban J connectivity index is 1.98. The molecule has 0 aromatic carbocycles. The molecule has 18 heavy (non-hydrogen) atoms. The maximum absolute atomic E-state index is 4.60. The van der Waals surface area contributed by atoms with Gasteiger partial charge in [0.2, 0.25) is 0 Å². The quantitative estimate of drug-likeness (QED) is 0.824. The van der Waals surface area contributed by atoms with Crippen molar-refractivity contribution in [2.75, 3.05) is 7.05 Å². The SMILES string of the molecule is CCc1cccnc1C(CCC1CCCC1)NC. The van der Waals surface area contributed by atoms with Gasteiger partial charge in [0.1, 0.15) is 0 Å². The number of aryl methyl sites for hydroxylation is 1. The Hall–Kier alpha value is -0.890. The number of hydrogen-bond donors (Lipinski definition) is 1. The summed E-state index contributed by atoms with van der Waals surface area (Å²) in [6.07, 6.45) is 11.4. The topological polar surface area (TPSA) is 24.9 Å². The van der Waals surface area contributed by atoms with Gasteiger partial charge < -0.3 is 5.32 Å². The van der Waals surface area contributed by atoms with Crippen LogP contribution in [0, 0.1) is 5.92 Å². The molecule has 0 spiro atoms. The number of nitrogens with one attached hydrogen (secondary N) is 1. The molecule has 0 aliphatic heterocycles. The molecule has 0 saturated heterocycles. The molecule has 1 aliphatic carbocycles. The summed E-state index contributed by atoms with van der Waals surface area (Å²) in [6, 6.07) is 4.69. The Bertz CT molecular complexity index is 356. The van der Waals surface area contributed by atoms with Crippen LogP contribution < -0.4 is 5.32 Å². The van der Waals surface area contributed by atoms with E-state index >= 15 is 0 Å². The minimum absolute atomic E-state index is 0.432. The van der Waals surface area contributed by atoms with Crippen LogP contribution >= 0.6 is 0 Å². The van der Waals surface area contributed by atoms with Crippen LogP contribution in [0.5, 0.6) is 0 Å². The van der Waals surface area contributed by atoms with E-state index in [0.29, 0.717) is 6.04 Å². The average molecular weight is 246 g/mol. The number of pyridine rings is 1. The molecular weight excluding hydrogens is 220 g/mol. The van der Waals surface area contributed by atoms with Gasteiger partial charge in [0.25, 0.3) is 0 Å². The second-order valence-electron chi connectivity index (χ2n) is 5.47. The van der Waals surface area contributed by atoms with Gasteiger partial charge in [-0.15, -0.1) is 0 Å². The monoisotopic (exact) mass is 246 g/mol. The number of rotatable bonds is 6. The number of nitrogens with zero attached hydrogens (tertiary/aromatic N) is 1. The molecule has 1 aromatic rings. The molecular formula is C16H26N2. The predicted molar refractivity (Wildman–Crippen MR) is 76.6 cm³/mol. The summed E-state index contributed by atoms with van der Waals surface area (Å²) in [7, 11) is 2.06. The lowest BCUT2D eigenvalue weighted by Gasteiger charge is -2.20. The van der Waals surface area contributed by atoms with E-state index in [1.54, 1.807) is 0 Å². The minimum atomic E-state index is 0.432. The first-order chi connectivity index (χ1) is 8.85. The van der Waals surface area contributed by atoms with Crippen molar-refractivity contribution in [2.24, 2.45) is 5.92 Å². The highest BCUT2D eigenvalue weighted by Crippen LogP contribution is 2.31. The van der Waals surface area contributed by atoms with Crippen molar-refractivity contribution in [1.29, 1.82) is 0 Å². The maximum Gasteiger partial charge on any atom is 0.0604 e. The lowest BCUT2D eigenvalue weighted by molar-refractivity contribution is 0.421. The molecule has 1 N–H and O–H groups in total. The molecule has 0 bridgehead atoms. The standard InChI is InChI=1S/C16H26N2/c1-3-14-9-6-12-18-16(14)15(17-2)11-10-13-7-4-5-8-13/h6,9,12-13,15,17H,3-5,7-8,10-11H2,1-2H3. The Morgan fingerprint density at radius 3 is 2.83 bits per heavy atom. The lowest BCUT2D eigenvalue weighted by atomic mass is 9.95. The van der Waals surface area contributed by atoms with Crippen LogP contribution in [0.25, 0.3) is 0 Å². The van der Waals surface area contributed by atoms with Gasteiger partial charge >= 0.3 is 0 Å². The normalized spacial score (nSPS) is 18.1. The Morgan fingerprint density at radius 1 is 1.39 bits per heavy atom. The molecule has 0 amide bonds. The molecule has 1 saturated carbocycles. The van der Waals surface area contributed by atoms with Crippen LogP contribution in [0.15, 0.2) is 18.3 Å². The fraction of sp³-hybridized carbons (Fsp3) is 0.688. The van der Waals surface area contributed by atoms with Crippen molar-refractivity contribution >= 4 is 0 Å². The van der Waals surface area contributed by atoms with Gasteiger partial charge in [-0.1, -0.05) is 38.7 Å². The van der Waals surface area contributed by atoms with Gasteiger partial charge in [-0.2, -0.15) is 0 Å². The van der Waals surface area contributed by atoms with Gasteiger partial charge in [0, 0.05) is 12.2 Å². The summed E-state index contributed by atoms with van der Waals surface area (Å²) in [5, 5.41) is 3.45. The molecule has 2 heteroatoms. The van der Waals surface area contributed by atoms with Crippen LogP contribution in [0.1, 0.15) is 62.7 Å². The van der Waals surface area contributed by atoms with Crippen molar-refractivity contribution in [1.82, 2.24) is 10.3 Å². The molecule has 1 aliphatic rings. The van der Waals surface area contributed by atoms with Gasteiger partial charge in [0.15, 0.2) is 0 Å². The highest BCUT2D eigenvalue weighted by molar-refractivity contribution is 5.22. The third kappa shape index (κ3) is 3.32. The largest absolute Gasteiger partial charge is 0.312 e. The minimum Gasteiger partial charge on any atom is -0.312 e. The third-order valence-electron chi connectivity index (χ3n) is 4.32. The van der Waals surface area contributed by atoms with E-state index in [4.69, 9.17) is 0 Å². The first kappa shape index (κ1) is 13.5. The van der Waals surface area contributed by atoms with Gasteiger partial charge in [-0.3, -0.25) is 4.98 Å². The highest BCUT2D eigenvalue weighted by atomic mass is 14.9. The Kier molecular flexibility index (Phi) is 5.18. The summed E-state index contributed by atoms with van der Waals surface area (Å²) in [4.78, 5) is 4.60. The first-order valence-electron chi connectivity index (χ1n) is 7.46. The smallest absolute Gasteiger partial charge is 0.0604 e. The van der Waals surface area contributed by atoms with Gasteiger partial charge in [0.05, 0.1) is 5.69 Å². The maximum atomic E-state index is 4.60. The van der Waals surface area contributed by atoms with E-state index in [-0.39, 0.29) is 0 Å². The van der Waals surface area contributed by atoms with E-state index in [9.17, 15) is 0 Å². The predicted octanol–water partition coefficient (Wildman–Crippen LogP) is 3.87. The Labute approximate surface area is 111 Å². The first-order valence-corrected chi connectivity index (χ1v) is 7.46. The van der Waals surface area contributed by atoms with Crippen LogP contribution in [-0.2, 0) is 6.42 Å². The third-order valence-corrected chi connectivity index (χ3v) is 4.32. The number of aromatic nitrogens is 1. The van der Waals surface area contributed by atoms with E-state index in [2.05, 4.69) is 30.3 Å². The van der Waals surface area contributed by atoms with Crippen molar-refractivity contribution in [2.45, 2.75) is 57.9 Å². The highest BCUT2D eigenvalue weighted by Gasteiger charge is 2.19. The fourth-order valence-electron chi connectivity index (χ4n) is 3.18. The van der Waals surface area contributed by atoms with Gasteiger partial charge in [-0.25, -0.2) is 0 Å². The summed E-state index contributed by atoms with van der Waals surface area (Å²) >= 11 is 0. The van der Waals surface area contributed by atoms with Crippen molar-refractivity contribution in [3.8, 4) is 0 Å². The van der Waals surface area contributed by atoms with E-state index in [1.807, 2.05) is 12.3 Å². The van der Waals surface area contributed by atoms with E-state index in [1.165, 1.54) is 49.8 Å². The molecule has 100 valence electrons. The van der Waals surface area contributed by atoms with Crippen molar-refractivity contribution in [3.63, 3.8) is 0 Å². The van der Waals surface area contributed by atoms with Gasteiger partial charge in [-0.05, 0) is 43.9 Å². The van der Waals surface area contributed by atoms with Crippen molar-refractivity contribution < 1.29 is 0 Å². The number of hydrogen-bond acceptors (Lipinski definition) is 2. The Morgan fingerprint density at radius 2 is 2.17 bits per heavy atom. The second-order valence-corrected chi connectivity index (χ2v) is 5.47. The summed E-state index contributed by atoms with van der Waals surface area (Å²) in [5.74, 6) is 0.967. The van der Waals surface area contributed by atoms with E-state index < -0.39 is 0 Å². The molecule has 2 rings (SSSR count). The molecule has 1 aromatic heterocycles. The average Bonchev–Trinajstić information content (AvgIpc) is 2.93. The zero-order valence-corrected chi connectivity index (χ0v) is 11.8. The molecule has 1 fully saturated rings. The summed E-state index contributed by atoms with van der Waals surface area (Å²) < 4.78 is 0. The van der Waals surface area contributed by atoms with Crippen molar-refractivity contribution in [3.05, 3.63) is 29.6 Å². The van der Waals surface area contributed by atoms with Crippen LogP contribution in [-0.4, -0.2) is 12.0 Å².